The summed E-state index contributed by atoms with van der Waals surface area (Å²) in [7, 11) is 0. The average Bonchev–Trinajstić information content (AvgIpc) is 2.17. The van der Waals surface area contributed by atoms with Gasteiger partial charge in [-0.2, -0.15) is 0 Å². The molecule has 0 aliphatic heterocycles. The van der Waals surface area contributed by atoms with E-state index in [-0.39, 0.29) is 63.7 Å². The number of ether oxygens (including phenoxy) is 1. The molecule has 0 aromatic heterocycles. The molecule has 0 fully saturated rings. The van der Waals surface area contributed by atoms with Gasteiger partial charge in [-0.15, -0.1) is 0 Å². The topological polar surface area (TPSA) is 9.23 Å². The molecule has 0 N–H and O–H groups in total. The third-order valence-corrected chi connectivity index (χ3v) is 1.87. The number of benzene rings is 1. The molecule has 1 rings (SSSR count). The van der Waals surface area contributed by atoms with Crippen molar-refractivity contribution in [3.05, 3.63) is 35.9 Å². The van der Waals surface area contributed by atoms with Gasteiger partial charge in [0.2, 0.25) is 0 Å². The zero-order valence-electron chi connectivity index (χ0n) is 8.67. The third-order valence-electron chi connectivity index (χ3n) is 1.70. The summed E-state index contributed by atoms with van der Waals surface area (Å²) in [5.74, 6) is -0.167. The molecule has 7 heteroatoms. The van der Waals surface area contributed by atoms with Gasteiger partial charge in [0.05, 0.1) is 5.75 Å². The molecule has 0 bridgehead atoms. The van der Waals surface area contributed by atoms with Gasteiger partial charge >= 0.3 is 58.4 Å². The Morgan fingerprint density at radius 1 is 1.25 bits per heavy atom. The average molecular weight is 275 g/mol. The molecule has 0 amide bonds. The van der Waals surface area contributed by atoms with Crippen LogP contribution in [0.3, 0.4) is 0 Å². The summed E-state index contributed by atoms with van der Waals surface area (Å²) in [6.07, 6.45) is 1.42. The zero-order valence-corrected chi connectivity index (χ0v) is 12.5. The van der Waals surface area contributed by atoms with Crippen LogP contribution < -0.4 is 61.6 Å². The van der Waals surface area contributed by atoms with E-state index in [9.17, 15) is 12.9 Å². The van der Waals surface area contributed by atoms with Crippen molar-refractivity contribution in [3.8, 4) is 5.75 Å². The zero-order chi connectivity index (χ0) is 11.3. The van der Waals surface area contributed by atoms with Crippen molar-refractivity contribution in [3.63, 3.8) is 0 Å². The number of halogens is 4. The summed E-state index contributed by atoms with van der Waals surface area (Å²) in [5, 5.41) is 0. The largest absolute Gasteiger partial charge is 1.00 e. The maximum atomic E-state index is 12.5. The molecule has 1 nitrogen and oxygen atoms in total. The molecule has 0 unspecified atom stereocenters. The van der Waals surface area contributed by atoms with Gasteiger partial charge in [0.1, 0.15) is 6.61 Å². The second-order valence-electron chi connectivity index (χ2n) is 2.79. The molecule has 0 aliphatic rings. The van der Waals surface area contributed by atoms with Crippen LogP contribution in [0.2, 0.25) is 0 Å². The van der Waals surface area contributed by atoms with E-state index in [0.717, 1.165) is 6.07 Å². The first-order chi connectivity index (χ1) is 7.05. The molecule has 1 aromatic carbocycles. The van der Waals surface area contributed by atoms with Crippen LogP contribution in [-0.2, 0) is 0 Å². The van der Waals surface area contributed by atoms with E-state index in [4.69, 9.17) is 16.3 Å². The van der Waals surface area contributed by atoms with Crippen LogP contribution in [0.5, 0.6) is 5.75 Å². The van der Waals surface area contributed by atoms with Crippen molar-refractivity contribution in [2.75, 3.05) is 6.61 Å². The van der Waals surface area contributed by atoms with Crippen molar-refractivity contribution >= 4 is 24.0 Å². The summed E-state index contributed by atoms with van der Waals surface area (Å²) in [5.41, 5.74) is 0.474. The van der Waals surface area contributed by atoms with Crippen LogP contribution in [0, 0.1) is 0 Å². The summed E-state index contributed by atoms with van der Waals surface area (Å²) >= 11 is 5.22. The summed E-state index contributed by atoms with van der Waals surface area (Å²) < 4.78 is 42.4. The minimum absolute atomic E-state index is 0. The van der Waals surface area contributed by atoms with E-state index >= 15 is 0 Å². The molecule has 0 atom stereocenters. The monoisotopic (exact) mass is 274 g/mol. The van der Waals surface area contributed by atoms with Crippen molar-refractivity contribution in [2.24, 2.45) is 0 Å². The van der Waals surface area contributed by atoms with E-state index in [1.807, 2.05) is 0 Å². The van der Waals surface area contributed by atoms with Crippen LogP contribution >= 0.6 is 11.6 Å². The van der Waals surface area contributed by atoms with E-state index < -0.39 is 12.4 Å². The number of hydrogen-bond donors (Lipinski definition) is 0. The van der Waals surface area contributed by atoms with Crippen molar-refractivity contribution in [1.29, 1.82) is 0 Å². The Balaban J connectivity index is 0.00000225. The maximum Gasteiger partial charge on any atom is 1.00 e. The fourth-order valence-corrected chi connectivity index (χ4v) is 1.13. The second-order valence-corrected chi connectivity index (χ2v) is 3.04. The van der Waals surface area contributed by atoms with Gasteiger partial charge in [-0.3, -0.25) is 0 Å². The van der Waals surface area contributed by atoms with Crippen LogP contribution in [-0.4, -0.2) is 13.6 Å². The Bertz CT molecular complexity index is 357. The number of para-hydroxylation sites is 1. The van der Waals surface area contributed by atoms with Crippen molar-refractivity contribution < 1.29 is 69.1 Å². The minimum atomic E-state index is -5.04. The molecule has 0 radical (unpaired) electrons. The van der Waals surface area contributed by atoms with Crippen molar-refractivity contribution in [2.45, 2.75) is 0 Å². The predicted molar refractivity (Wildman–Crippen MR) is 55.6 cm³/mol. The van der Waals surface area contributed by atoms with E-state index in [1.54, 1.807) is 0 Å². The first-order valence-corrected chi connectivity index (χ1v) is 4.66. The quantitative estimate of drug-likeness (QED) is 0.696. The molecule has 0 saturated heterocycles. The van der Waals surface area contributed by atoms with Crippen LogP contribution in [0.15, 0.2) is 35.9 Å². The molecule has 0 heterocycles. The SMILES string of the molecule is F[B-](F)(F)c1ccccc1OC/C=C/Cl.[K+]. The molecule has 82 valence electrons. The molecule has 16 heavy (non-hydrogen) atoms. The Kier molecular flexibility index (Phi) is 8.05. The summed E-state index contributed by atoms with van der Waals surface area (Å²) in [6, 6.07) is 5.10. The van der Waals surface area contributed by atoms with Gasteiger partial charge < -0.3 is 17.7 Å². The van der Waals surface area contributed by atoms with Crippen LogP contribution in [0.4, 0.5) is 12.9 Å². The first kappa shape index (κ1) is 16.5. The Morgan fingerprint density at radius 3 is 2.44 bits per heavy atom. The minimum Gasteiger partial charge on any atom is -0.492 e. The van der Waals surface area contributed by atoms with E-state index in [1.165, 1.54) is 29.8 Å². The predicted octanol–water partition coefficient (Wildman–Crippen LogP) is -0.124. The maximum absolute atomic E-state index is 12.5. The summed E-state index contributed by atoms with van der Waals surface area (Å²) in [4.78, 5) is 0. The molecule has 0 aliphatic carbocycles. The third kappa shape index (κ3) is 5.25. The second kappa shape index (κ2) is 7.79. The molecular formula is C9H8BClF3KO. The number of hydrogen-bond acceptors (Lipinski definition) is 1. The number of rotatable bonds is 4. The fourth-order valence-electron chi connectivity index (χ4n) is 1.06. The van der Waals surface area contributed by atoms with Crippen LogP contribution in [0.25, 0.3) is 0 Å². The Morgan fingerprint density at radius 2 is 1.88 bits per heavy atom. The smallest absolute Gasteiger partial charge is 0.492 e. The molecule has 0 spiro atoms. The normalized spacial score (nSPS) is 11.2. The molecule has 1 aromatic rings. The van der Waals surface area contributed by atoms with Gasteiger partial charge in [-0.05, 0) is 12.1 Å². The Labute approximate surface area is 139 Å². The standard InChI is InChI=1S/C9H8BClF3O.K/c11-6-3-7-15-9-5-2-1-4-8(9)10(12,13)14;/h1-6H,7H2;/q-1;+1/b6-3+;. The summed E-state index contributed by atoms with van der Waals surface area (Å²) in [6.45, 7) is -5.02. The van der Waals surface area contributed by atoms with E-state index in [0.29, 0.717) is 0 Å². The van der Waals surface area contributed by atoms with E-state index in [2.05, 4.69) is 0 Å². The molecule has 0 saturated carbocycles. The van der Waals surface area contributed by atoms with Gasteiger partial charge in [0.15, 0.2) is 0 Å². The van der Waals surface area contributed by atoms with Crippen LogP contribution in [0.1, 0.15) is 0 Å². The molecular weight excluding hydrogens is 266 g/mol. The Hall–Kier alpha value is 0.541. The van der Waals surface area contributed by atoms with Crippen molar-refractivity contribution in [1.82, 2.24) is 0 Å². The fraction of sp³-hybridized carbons (Fsp3) is 0.111. The van der Waals surface area contributed by atoms with Gasteiger partial charge in [-0.1, -0.05) is 35.3 Å². The van der Waals surface area contributed by atoms with Gasteiger partial charge in [0, 0.05) is 5.54 Å². The first-order valence-electron chi connectivity index (χ1n) is 4.22. The van der Waals surface area contributed by atoms with Gasteiger partial charge in [-0.25, -0.2) is 0 Å². The van der Waals surface area contributed by atoms with Gasteiger partial charge in [0.25, 0.3) is 0 Å².